The normalized spacial score (nSPS) is 16.1. The van der Waals surface area contributed by atoms with Gasteiger partial charge in [-0.1, -0.05) is 6.07 Å². The number of fused-ring (bicyclic) bond motifs is 1. The predicted octanol–water partition coefficient (Wildman–Crippen LogP) is 2.84. The number of phenolic OH excluding ortho intramolecular Hbond substituents is 3. The van der Waals surface area contributed by atoms with Crippen molar-refractivity contribution >= 4 is 5.78 Å². The second kappa shape index (κ2) is 6.08. The van der Waals surface area contributed by atoms with Gasteiger partial charge in [-0.15, -0.1) is 0 Å². The Morgan fingerprint density at radius 1 is 1.12 bits per heavy atom. The average Bonchev–Trinajstić information content (AvgIpc) is 2.60. The lowest BCUT2D eigenvalue weighted by atomic mass is 9.93. The molecule has 0 fully saturated rings. The van der Waals surface area contributed by atoms with E-state index >= 15 is 0 Å². The van der Waals surface area contributed by atoms with Crippen LogP contribution in [-0.4, -0.2) is 35.3 Å². The summed E-state index contributed by atoms with van der Waals surface area (Å²) in [6.07, 6.45) is -0.651. The number of aromatic hydroxyl groups is 3. The Bertz CT molecular complexity index is 857. The molecule has 0 spiro atoms. The van der Waals surface area contributed by atoms with E-state index in [0.717, 1.165) is 0 Å². The molecule has 3 rings (SSSR count). The molecule has 3 N–H and O–H groups in total. The molecule has 0 radical (unpaired) electrons. The quantitative estimate of drug-likeness (QED) is 0.734. The number of carbonyl (C=O) groups excluding carboxylic acids is 1. The van der Waals surface area contributed by atoms with E-state index in [4.69, 9.17) is 14.2 Å². The summed E-state index contributed by atoms with van der Waals surface area (Å²) in [7, 11) is 2.78. The molecule has 0 bridgehead atoms. The molecule has 1 aliphatic rings. The van der Waals surface area contributed by atoms with Gasteiger partial charge in [0.05, 0.1) is 20.6 Å². The lowest BCUT2D eigenvalue weighted by Crippen LogP contribution is -2.21. The van der Waals surface area contributed by atoms with Crippen molar-refractivity contribution in [1.29, 1.82) is 0 Å². The van der Waals surface area contributed by atoms with Crippen molar-refractivity contribution in [1.82, 2.24) is 0 Å². The Balaban J connectivity index is 2.10. The van der Waals surface area contributed by atoms with E-state index in [1.807, 2.05) is 0 Å². The van der Waals surface area contributed by atoms with Crippen LogP contribution in [0.5, 0.6) is 34.5 Å². The van der Waals surface area contributed by atoms with Gasteiger partial charge in [-0.2, -0.15) is 0 Å². The lowest BCUT2D eigenvalue weighted by Gasteiger charge is -2.28. The van der Waals surface area contributed by atoms with E-state index in [2.05, 4.69) is 0 Å². The third-order valence-electron chi connectivity index (χ3n) is 4.27. The van der Waals surface area contributed by atoms with Crippen molar-refractivity contribution in [3.8, 4) is 34.5 Å². The summed E-state index contributed by atoms with van der Waals surface area (Å²) >= 11 is 0. The van der Waals surface area contributed by atoms with Crippen LogP contribution in [0.25, 0.3) is 0 Å². The second-order valence-electron chi connectivity index (χ2n) is 5.72. The zero-order valence-electron chi connectivity index (χ0n) is 14.0. The number of hydrogen-bond acceptors (Lipinski definition) is 7. The molecule has 132 valence electrons. The lowest BCUT2D eigenvalue weighted by molar-refractivity contribution is 0.0840. The van der Waals surface area contributed by atoms with E-state index in [1.54, 1.807) is 19.1 Å². The SMILES string of the molecule is COc1cc([C@@H]2CC(=O)c3c(O)c(O)c(OC)c(C)c3O2)ccc1O. The Labute approximate surface area is 144 Å². The van der Waals surface area contributed by atoms with Gasteiger partial charge in [0, 0.05) is 5.56 Å². The van der Waals surface area contributed by atoms with Crippen LogP contribution >= 0.6 is 0 Å². The zero-order valence-corrected chi connectivity index (χ0v) is 14.0. The van der Waals surface area contributed by atoms with Crippen molar-refractivity contribution < 1.29 is 34.3 Å². The predicted molar refractivity (Wildman–Crippen MR) is 88.0 cm³/mol. The molecule has 1 atom stereocenters. The third kappa shape index (κ3) is 2.57. The third-order valence-corrected chi connectivity index (χ3v) is 4.27. The molecular weight excluding hydrogens is 328 g/mol. The summed E-state index contributed by atoms with van der Waals surface area (Å²) in [5, 5.41) is 29.9. The van der Waals surface area contributed by atoms with Gasteiger partial charge < -0.3 is 29.5 Å². The fourth-order valence-corrected chi connectivity index (χ4v) is 2.99. The van der Waals surface area contributed by atoms with Gasteiger partial charge in [-0.05, 0) is 24.6 Å². The van der Waals surface area contributed by atoms with Crippen LogP contribution in [-0.2, 0) is 0 Å². The number of carbonyl (C=O) groups is 1. The van der Waals surface area contributed by atoms with Gasteiger partial charge in [-0.25, -0.2) is 0 Å². The molecule has 1 aliphatic heterocycles. The van der Waals surface area contributed by atoms with Crippen LogP contribution in [0.15, 0.2) is 18.2 Å². The monoisotopic (exact) mass is 346 g/mol. The van der Waals surface area contributed by atoms with Crippen LogP contribution in [0.2, 0.25) is 0 Å². The number of ketones is 1. The van der Waals surface area contributed by atoms with Crippen molar-refractivity contribution in [2.24, 2.45) is 0 Å². The summed E-state index contributed by atoms with van der Waals surface area (Å²) < 4.78 is 16.1. The Morgan fingerprint density at radius 2 is 1.84 bits per heavy atom. The molecule has 7 nitrogen and oxygen atoms in total. The standard InChI is InChI=1S/C18H18O7/c1-8-17-14(15(21)16(22)18(8)24-3)11(20)7-12(25-17)9-4-5-10(19)13(6-9)23-2/h4-6,12,19,21-22H,7H2,1-3H3/t12-/m0/s1. The Kier molecular flexibility index (Phi) is 4.08. The molecule has 0 unspecified atom stereocenters. The highest BCUT2D eigenvalue weighted by Gasteiger charge is 2.35. The summed E-state index contributed by atoms with van der Waals surface area (Å²) in [5.74, 6) is -0.939. The maximum atomic E-state index is 12.5. The second-order valence-corrected chi connectivity index (χ2v) is 5.72. The van der Waals surface area contributed by atoms with E-state index in [-0.39, 0.29) is 40.8 Å². The van der Waals surface area contributed by atoms with Gasteiger partial charge in [0.2, 0.25) is 5.75 Å². The molecule has 0 saturated carbocycles. The first kappa shape index (κ1) is 16.8. The molecule has 7 heteroatoms. The number of phenols is 3. The van der Waals surface area contributed by atoms with Gasteiger partial charge in [0.1, 0.15) is 17.4 Å². The minimum Gasteiger partial charge on any atom is -0.504 e. The van der Waals surface area contributed by atoms with Gasteiger partial charge in [0.15, 0.2) is 28.8 Å². The van der Waals surface area contributed by atoms with Crippen LogP contribution in [0.3, 0.4) is 0 Å². The molecule has 1 heterocycles. The van der Waals surface area contributed by atoms with Gasteiger partial charge in [-0.3, -0.25) is 4.79 Å². The van der Waals surface area contributed by atoms with Crippen molar-refractivity contribution in [2.75, 3.05) is 14.2 Å². The maximum absolute atomic E-state index is 12.5. The molecule has 25 heavy (non-hydrogen) atoms. The van der Waals surface area contributed by atoms with Gasteiger partial charge in [0.25, 0.3) is 0 Å². The minimum atomic E-state index is -0.623. The summed E-state index contributed by atoms with van der Waals surface area (Å²) in [6.45, 7) is 1.63. The fourth-order valence-electron chi connectivity index (χ4n) is 2.99. The highest BCUT2D eigenvalue weighted by molar-refractivity contribution is 6.04. The molecular formula is C18H18O7. The first-order valence-corrected chi connectivity index (χ1v) is 7.58. The smallest absolute Gasteiger partial charge is 0.201 e. The topological polar surface area (TPSA) is 105 Å². The zero-order chi connectivity index (χ0) is 18.3. The molecule has 2 aromatic rings. The Morgan fingerprint density at radius 3 is 2.48 bits per heavy atom. The number of benzene rings is 2. The van der Waals surface area contributed by atoms with E-state index in [0.29, 0.717) is 11.1 Å². The van der Waals surface area contributed by atoms with Crippen molar-refractivity contribution in [3.05, 3.63) is 34.9 Å². The fraction of sp³-hybridized carbons (Fsp3) is 0.278. The van der Waals surface area contributed by atoms with Crippen LogP contribution in [0.4, 0.5) is 0 Å². The van der Waals surface area contributed by atoms with E-state index in [1.165, 1.54) is 20.3 Å². The minimum absolute atomic E-state index is 0.0193. The highest BCUT2D eigenvalue weighted by atomic mass is 16.5. The van der Waals surface area contributed by atoms with Crippen LogP contribution < -0.4 is 14.2 Å². The highest BCUT2D eigenvalue weighted by Crippen LogP contribution is 2.51. The first-order chi connectivity index (χ1) is 11.9. The molecule has 0 amide bonds. The van der Waals surface area contributed by atoms with Gasteiger partial charge >= 0.3 is 0 Å². The van der Waals surface area contributed by atoms with Crippen LogP contribution in [0.1, 0.15) is 34.0 Å². The van der Waals surface area contributed by atoms with E-state index in [9.17, 15) is 20.1 Å². The maximum Gasteiger partial charge on any atom is 0.201 e. The summed E-state index contributed by atoms with van der Waals surface area (Å²) in [5.41, 5.74) is 0.994. The molecule has 2 aromatic carbocycles. The number of hydrogen-bond donors (Lipinski definition) is 3. The molecule has 0 aliphatic carbocycles. The first-order valence-electron chi connectivity index (χ1n) is 7.58. The Hall–Kier alpha value is -3.09. The number of ether oxygens (including phenoxy) is 3. The van der Waals surface area contributed by atoms with Crippen molar-refractivity contribution in [3.63, 3.8) is 0 Å². The summed E-state index contributed by atoms with van der Waals surface area (Å²) in [6, 6.07) is 4.68. The number of rotatable bonds is 3. The van der Waals surface area contributed by atoms with E-state index < -0.39 is 17.6 Å². The summed E-state index contributed by atoms with van der Waals surface area (Å²) in [4.78, 5) is 12.5. The number of Topliss-reactive ketones (excluding diaryl/α,β-unsaturated/α-hetero) is 1. The molecule has 0 saturated heterocycles. The largest absolute Gasteiger partial charge is 0.504 e. The van der Waals surface area contributed by atoms with Crippen LogP contribution in [0, 0.1) is 6.92 Å². The number of methoxy groups -OCH3 is 2. The van der Waals surface area contributed by atoms with Crippen molar-refractivity contribution in [2.45, 2.75) is 19.4 Å². The average molecular weight is 346 g/mol. The molecule has 0 aromatic heterocycles.